The molecule has 0 saturated heterocycles. The Kier molecular flexibility index (Phi) is 0.799. The maximum atomic E-state index is 4.15. The number of fused-ring (bicyclic) bond motifs is 3. The molecule has 0 aromatic heterocycles. The molecule has 0 N–H and O–H groups in total. The molecule has 2 aliphatic heterocycles. The van der Waals surface area contributed by atoms with Crippen molar-refractivity contribution in [3.8, 4) is 0 Å². The number of rotatable bonds is 0. The van der Waals surface area contributed by atoms with E-state index in [0.717, 1.165) is 6.54 Å². The van der Waals surface area contributed by atoms with Gasteiger partial charge in [0.05, 0.1) is 12.8 Å². The van der Waals surface area contributed by atoms with Crippen molar-refractivity contribution in [1.29, 1.82) is 0 Å². The lowest BCUT2D eigenvalue weighted by molar-refractivity contribution is 0.241. The molecule has 2 heterocycles. The van der Waals surface area contributed by atoms with E-state index in [2.05, 4.69) is 34.4 Å². The van der Waals surface area contributed by atoms with Gasteiger partial charge < -0.3 is 0 Å². The lowest BCUT2D eigenvalue weighted by Crippen LogP contribution is -2.26. The molecule has 2 heteroatoms. The van der Waals surface area contributed by atoms with Gasteiger partial charge in [0, 0.05) is 0 Å². The molecule has 3 rings (SSSR count). The van der Waals surface area contributed by atoms with Crippen LogP contribution in [-0.2, 0) is 6.54 Å². The summed E-state index contributed by atoms with van der Waals surface area (Å²) < 4.78 is 0. The van der Waals surface area contributed by atoms with Gasteiger partial charge in [-0.15, -0.1) is 0 Å². The fourth-order valence-electron chi connectivity index (χ4n) is 1.75. The van der Waals surface area contributed by atoms with Crippen LogP contribution in [0.5, 0.6) is 0 Å². The van der Waals surface area contributed by atoms with E-state index in [1.165, 1.54) is 11.1 Å². The van der Waals surface area contributed by atoms with Crippen LogP contribution >= 0.6 is 0 Å². The van der Waals surface area contributed by atoms with Gasteiger partial charge in [0.1, 0.15) is 6.04 Å². The minimum atomic E-state index is 0.492. The molecule has 2 nitrogen and oxygen atoms in total. The Bertz CT molecular complexity index is 330. The minimum Gasteiger partial charge on any atom is -0.280 e. The van der Waals surface area contributed by atoms with E-state index in [-0.39, 0.29) is 0 Å². The summed E-state index contributed by atoms with van der Waals surface area (Å²) in [5.74, 6) is 0. The first-order chi connectivity index (χ1) is 5.45. The summed E-state index contributed by atoms with van der Waals surface area (Å²) in [5, 5.41) is 6.27. The van der Waals surface area contributed by atoms with Crippen LogP contribution in [-0.4, -0.2) is 11.2 Å². The molecular formula is C9H8N2. The van der Waals surface area contributed by atoms with Crippen LogP contribution in [0, 0.1) is 0 Å². The van der Waals surface area contributed by atoms with Crippen molar-refractivity contribution in [3.63, 3.8) is 0 Å². The molecule has 0 fully saturated rings. The molecule has 2 aliphatic rings. The van der Waals surface area contributed by atoms with Crippen LogP contribution in [0.15, 0.2) is 29.4 Å². The van der Waals surface area contributed by atoms with Crippen molar-refractivity contribution in [1.82, 2.24) is 5.01 Å². The molecule has 0 spiro atoms. The highest BCUT2D eigenvalue weighted by Gasteiger charge is 2.32. The van der Waals surface area contributed by atoms with Gasteiger partial charge in [0.2, 0.25) is 0 Å². The Morgan fingerprint density at radius 1 is 1.36 bits per heavy atom. The molecule has 0 saturated carbocycles. The maximum Gasteiger partial charge on any atom is 0.110 e. The first-order valence-electron chi connectivity index (χ1n) is 3.84. The zero-order chi connectivity index (χ0) is 7.26. The number of hydrogen-bond donors (Lipinski definition) is 0. The Labute approximate surface area is 65.1 Å². The summed E-state index contributed by atoms with van der Waals surface area (Å²) in [4.78, 5) is 0. The standard InChI is InChI=1S/C9H8N2/c1-2-4-8-7(3-1)6-11-9(8)5-10-11/h1-5,9H,6H2. The Balaban J connectivity index is 2.19. The SMILES string of the molecule is C1=NN2Cc3ccccc3C12. The van der Waals surface area contributed by atoms with E-state index in [9.17, 15) is 0 Å². The van der Waals surface area contributed by atoms with E-state index in [0.29, 0.717) is 6.04 Å². The summed E-state index contributed by atoms with van der Waals surface area (Å²) in [6, 6.07) is 9.03. The summed E-state index contributed by atoms with van der Waals surface area (Å²) in [7, 11) is 0. The van der Waals surface area contributed by atoms with Crippen LogP contribution in [0.1, 0.15) is 17.2 Å². The van der Waals surface area contributed by atoms with Gasteiger partial charge in [0.15, 0.2) is 0 Å². The smallest absolute Gasteiger partial charge is 0.110 e. The number of benzene rings is 1. The zero-order valence-corrected chi connectivity index (χ0v) is 6.07. The van der Waals surface area contributed by atoms with Crippen molar-refractivity contribution in [3.05, 3.63) is 35.4 Å². The number of hydrogen-bond acceptors (Lipinski definition) is 2. The third-order valence-electron chi connectivity index (χ3n) is 2.38. The summed E-state index contributed by atoms with van der Waals surface area (Å²) in [5.41, 5.74) is 2.86. The predicted octanol–water partition coefficient (Wildman–Crippen LogP) is 1.54. The highest BCUT2D eigenvalue weighted by Crippen LogP contribution is 2.36. The van der Waals surface area contributed by atoms with Crippen molar-refractivity contribution in [2.75, 3.05) is 0 Å². The normalized spacial score (nSPS) is 24.4. The van der Waals surface area contributed by atoms with E-state index in [1.54, 1.807) is 0 Å². The predicted molar refractivity (Wildman–Crippen MR) is 43.2 cm³/mol. The zero-order valence-electron chi connectivity index (χ0n) is 6.07. The fourth-order valence-corrected chi connectivity index (χ4v) is 1.75. The molecule has 54 valence electrons. The lowest BCUT2D eigenvalue weighted by Gasteiger charge is -2.26. The first-order valence-corrected chi connectivity index (χ1v) is 3.84. The highest BCUT2D eigenvalue weighted by atomic mass is 15.5. The van der Waals surface area contributed by atoms with E-state index in [4.69, 9.17) is 0 Å². The van der Waals surface area contributed by atoms with Crippen LogP contribution in [0.25, 0.3) is 0 Å². The van der Waals surface area contributed by atoms with Crippen LogP contribution in [0.3, 0.4) is 0 Å². The molecule has 0 amide bonds. The lowest BCUT2D eigenvalue weighted by atomic mass is 10.1. The molecule has 11 heavy (non-hydrogen) atoms. The van der Waals surface area contributed by atoms with Crippen molar-refractivity contribution >= 4 is 6.21 Å². The molecule has 1 aromatic rings. The molecule has 0 radical (unpaired) electrons. The largest absolute Gasteiger partial charge is 0.280 e. The van der Waals surface area contributed by atoms with Gasteiger partial charge in [-0.2, -0.15) is 5.10 Å². The maximum absolute atomic E-state index is 4.15. The molecule has 1 atom stereocenters. The fraction of sp³-hybridized carbons (Fsp3) is 0.222. The topological polar surface area (TPSA) is 15.6 Å². The first kappa shape index (κ1) is 5.35. The van der Waals surface area contributed by atoms with Crippen molar-refractivity contribution in [2.24, 2.45) is 5.10 Å². The Morgan fingerprint density at radius 3 is 3.09 bits per heavy atom. The number of hydrazone groups is 1. The van der Waals surface area contributed by atoms with Gasteiger partial charge in [-0.25, -0.2) is 0 Å². The van der Waals surface area contributed by atoms with Crippen molar-refractivity contribution < 1.29 is 0 Å². The number of nitrogens with zero attached hydrogens (tertiary/aromatic N) is 2. The molecular weight excluding hydrogens is 136 g/mol. The second kappa shape index (κ2) is 1.64. The van der Waals surface area contributed by atoms with Gasteiger partial charge >= 0.3 is 0 Å². The van der Waals surface area contributed by atoms with E-state index >= 15 is 0 Å². The van der Waals surface area contributed by atoms with Crippen molar-refractivity contribution in [2.45, 2.75) is 12.6 Å². The molecule has 0 aliphatic carbocycles. The summed E-state index contributed by atoms with van der Waals surface area (Å²) in [6.45, 7) is 0.997. The second-order valence-corrected chi connectivity index (χ2v) is 3.01. The van der Waals surface area contributed by atoms with Crippen LogP contribution < -0.4 is 0 Å². The van der Waals surface area contributed by atoms with Crippen LogP contribution in [0.2, 0.25) is 0 Å². The average molecular weight is 144 g/mol. The second-order valence-electron chi connectivity index (χ2n) is 3.01. The van der Waals surface area contributed by atoms with Gasteiger partial charge in [-0.05, 0) is 11.1 Å². The third kappa shape index (κ3) is 0.546. The molecule has 0 bridgehead atoms. The average Bonchev–Trinajstić information content (AvgIpc) is 2.23. The van der Waals surface area contributed by atoms with Gasteiger partial charge in [-0.3, -0.25) is 5.01 Å². The Morgan fingerprint density at radius 2 is 2.27 bits per heavy atom. The summed E-state index contributed by atoms with van der Waals surface area (Å²) >= 11 is 0. The van der Waals surface area contributed by atoms with Gasteiger partial charge in [-0.1, -0.05) is 24.3 Å². The van der Waals surface area contributed by atoms with E-state index < -0.39 is 0 Å². The molecule has 1 aromatic carbocycles. The summed E-state index contributed by atoms with van der Waals surface area (Å²) in [6.07, 6.45) is 2.01. The van der Waals surface area contributed by atoms with Crippen LogP contribution in [0.4, 0.5) is 0 Å². The van der Waals surface area contributed by atoms with Gasteiger partial charge in [0.25, 0.3) is 0 Å². The Hall–Kier alpha value is -1.31. The van der Waals surface area contributed by atoms with E-state index in [1.807, 2.05) is 6.21 Å². The highest BCUT2D eigenvalue weighted by molar-refractivity contribution is 5.73. The minimum absolute atomic E-state index is 0.492. The third-order valence-corrected chi connectivity index (χ3v) is 2.38. The molecule has 1 unspecified atom stereocenters. The monoisotopic (exact) mass is 144 g/mol. The quantitative estimate of drug-likeness (QED) is 0.539.